The Morgan fingerprint density at radius 1 is 1.31 bits per heavy atom. The number of rotatable bonds is 6. The minimum atomic E-state index is -0.267. The van der Waals surface area contributed by atoms with Crippen LogP contribution in [-0.2, 0) is 17.8 Å². The van der Waals surface area contributed by atoms with Crippen molar-refractivity contribution in [3.8, 4) is 0 Å². The van der Waals surface area contributed by atoms with Crippen LogP contribution >= 0.6 is 0 Å². The number of aromatic nitrogens is 1. The fourth-order valence-corrected chi connectivity index (χ4v) is 3.42. The monoisotopic (exact) mass is 394 g/mol. The number of oxazole rings is 1. The molecule has 0 spiro atoms. The summed E-state index contributed by atoms with van der Waals surface area (Å²) < 4.78 is 11.1. The highest BCUT2D eigenvalue weighted by atomic mass is 16.6. The van der Waals surface area contributed by atoms with E-state index in [0.717, 1.165) is 41.2 Å². The van der Waals surface area contributed by atoms with Crippen LogP contribution in [0.15, 0.2) is 52.9 Å². The van der Waals surface area contributed by atoms with Crippen molar-refractivity contribution in [1.29, 1.82) is 0 Å². The van der Waals surface area contributed by atoms with Crippen LogP contribution in [0, 0.1) is 0 Å². The molecule has 0 unspecified atom stereocenters. The standard InChI is InChI=1S/C22H26N4O3/c1-2-21-25-19-12-17(8-9-20(19)29-21)24-13-18-14-26(11-10-23-18)22(27)28-15-16-6-4-3-5-7-16/h3-9,12,18,23-24H,2,10-11,13-15H2,1H3/t18-/m1/s1. The number of nitrogens with zero attached hydrogens (tertiary/aromatic N) is 2. The van der Waals surface area contributed by atoms with Gasteiger partial charge in [0.25, 0.3) is 0 Å². The number of amides is 1. The van der Waals surface area contributed by atoms with Crippen molar-refractivity contribution in [3.05, 3.63) is 60.0 Å². The van der Waals surface area contributed by atoms with Crippen molar-refractivity contribution >= 4 is 22.9 Å². The third-order valence-electron chi connectivity index (χ3n) is 5.01. The first-order valence-corrected chi connectivity index (χ1v) is 10.0. The van der Waals surface area contributed by atoms with E-state index in [1.165, 1.54) is 0 Å². The van der Waals surface area contributed by atoms with Gasteiger partial charge in [-0.15, -0.1) is 0 Å². The molecule has 2 heterocycles. The van der Waals surface area contributed by atoms with Gasteiger partial charge in [-0.3, -0.25) is 0 Å². The summed E-state index contributed by atoms with van der Waals surface area (Å²) in [7, 11) is 0. The molecule has 1 amide bonds. The Bertz CT molecular complexity index is 957. The van der Waals surface area contributed by atoms with Gasteiger partial charge in [0.2, 0.25) is 0 Å². The number of ether oxygens (including phenoxy) is 1. The normalized spacial score (nSPS) is 16.7. The first kappa shape index (κ1) is 19.3. The molecule has 4 rings (SSSR count). The first-order chi connectivity index (χ1) is 14.2. The Kier molecular flexibility index (Phi) is 5.95. The van der Waals surface area contributed by atoms with E-state index in [2.05, 4.69) is 15.6 Å². The maximum Gasteiger partial charge on any atom is 0.410 e. The summed E-state index contributed by atoms with van der Waals surface area (Å²) in [5.41, 5.74) is 3.63. The molecule has 1 aromatic heterocycles. The zero-order valence-electron chi connectivity index (χ0n) is 16.6. The third kappa shape index (κ3) is 4.86. The van der Waals surface area contributed by atoms with Crippen molar-refractivity contribution in [2.75, 3.05) is 31.5 Å². The Morgan fingerprint density at radius 2 is 2.17 bits per heavy atom. The molecule has 1 fully saturated rings. The molecule has 1 aliphatic heterocycles. The quantitative estimate of drug-likeness (QED) is 0.667. The number of hydrogen-bond acceptors (Lipinski definition) is 6. The van der Waals surface area contributed by atoms with Crippen molar-refractivity contribution in [2.24, 2.45) is 0 Å². The van der Waals surface area contributed by atoms with Gasteiger partial charge in [0.05, 0.1) is 0 Å². The molecule has 1 aliphatic rings. The van der Waals surface area contributed by atoms with Gasteiger partial charge in [-0.05, 0) is 23.8 Å². The summed E-state index contributed by atoms with van der Waals surface area (Å²) in [6.45, 7) is 5.02. The highest BCUT2D eigenvalue weighted by molar-refractivity contribution is 5.77. The number of carbonyl (C=O) groups is 1. The summed E-state index contributed by atoms with van der Waals surface area (Å²) >= 11 is 0. The molecule has 7 heteroatoms. The predicted molar refractivity (Wildman–Crippen MR) is 112 cm³/mol. The highest BCUT2D eigenvalue weighted by Crippen LogP contribution is 2.20. The zero-order chi connectivity index (χ0) is 20.1. The highest BCUT2D eigenvalue weighted by Gasteiger charge is 2.24. The van der Waals surface area contributed by atoms with Crippen LogP contribution in [0.25, 0.3) is 11.1 Å². The van der Waals surface area contributed by atoms with Crippen molar-refractivity contribution < 1.29 is 13.9 Å². The lowest BCUT2D eigenvalue weighted by atomic mass is 10.2. The summed E-state index contributed by atoms with van der Waals surface area (Å²) in [4.78, 5) is 18.6. The molecule has 1 saturated heterocycles. The second-order valence-electron chi connectivity index (χ2n) is 7.16. The minimum absolute atomic E-state index is 0.146. The van der Waals surface area contributed by atoms with E-state index < -0.39 is 0 Å². The molecule has 2 aromatic carbocycles. The molecular weight excluding hydrogens is 368 g/mol. The Labute approximate surface area is 170 Å². The summed E-state index contributed by atoms with van der Waals surface area (Å²) in [6.07, 6.45) is 0.510. The minimum Gasteiger partial charge on any atom is -0.445 e. The fraction of sp³-hybridized carbons (Fsp3) is 0.364. The number of fused-ring (bicyclic) bond motifs is 1. The number of nitrogens with one attached hydrogen (secondary N) is 2. The Morgan fingerprint density at radius 3 is 3.00 bits per heavy atom. The zero-order valence-corrected chi connectivity index (χ0v) is 16.6. The number of anilines is 1. The second-order valence-corrected chi connectivity index (χ2v) is 7.16. The number of carbonyl (C=O) groups excluding carboxylic acids is 1. The molecule has 7 nitrogen and oxygen atoms in total. The molecule has 0 radical (unpaired) electrons. The smallest absolute Gasteiger partial charge is 0.410 e. The van der Waals surface area contributed by atoms with Gasteiger partial charge in [0, 0.05) is 44.3 Å². The molecule has 0 aliphatic carbocycles. The summed E-state index contributed by atoms with van der Waals surface area (Å²) in [5.74, 6) is 0.746. The lowest BCUT2D eigenvalue weighted by molar-refractivity contribution is 0.0858. The van der Waals surface area contributed by atoms with E-state index in [-0.39, 0.29) is 12.1 Å². The fourth-order valence-electron chi connectivity index (χ4n) is 3.42. The average molecular weight is 394 g/mol. The maximum atomic E-state index is 12.4. The number of aryl methyl sites for hydroxylation is 1. The Hall–Kier alpha value is -3.06. The van der Waals surface area contributed by atoms with Crippen molar-refractivity contribution in [2.45, 2.75) is 26.0 Å². The molecule has 152 valence electrons. The van der Waals surface area contributed by atoms with E-state index >= 15 is 0 Å². The number of hydrogen-bond donors (Lipinski definition) is 2. The van der Waals surface area contributed by atoms with Crippen LogP contribution in [-0.4, -0.2) is 48.2 Å². The maximum absolute atomic E-state index is 12.4. The van der Waals surface area contributed by atoms with Crippen LogP contribution < -0.4 is 10.6 Å². The predicted octanol–water partition coefficient (Wildman–Crippen LogP) is 3.41. The van der Waals surface area contributed by atoms with Gasteiger partial charge in [-0.25, -0.2) is 9.78 Å². The molecule has 0 saturated carbocycles. The second kappa shape index (κ2) is 8.96. The summed E-state index contributed by atoms with van der Waals surface area (Å²) in [5, 5.41) is 6.88. The molecule has 3 aromatic rings. The van der Waals surface area contributed by atoms with E-state index in [0.29, 0.717) is 26.2 Å². The average Bonchev–Trinajstić information content (AvgIpc) is 3.19. The van der Waals surface area contributed by atoms with Gasteiger partial charge in [0.1, 0.15) is 12.1 Å². The van der Waals surface area contributed by atoms with E-state index in [9.17, 15) is 4.79 Å². The largest absolute Gasteiger partial charge is 0.445 e. The molecular formula is C22H26N4O3. The third-order valence-corrected chi connectivity index (χ3v) is 5.01. The van der Waals surface area contributed by atoms with E-state index in [1.807, 2.05) is 55.5 Å². The van der Waals surface area contributed by atoms with Gasteiger partial charge in [0.15, 0.2) is 11.5 Å². The van der Waals surface area contributed by atoms with Crippen LogP contribution in [0.3, 0.4) is 0 Å². The van der Waals surface area contributed by atoms with Gasteiger partial charge < -0.3 is 24.7 Å². The SMILES string of the molecule is CCc1nc2cc(NC[C@@H]3CN(C(=O)OCc4ccccc4)CCN3)ccc2o1. The Balaban J connectivity index is 1.28. The van der Waals surface area contributed by atoms with Crippen LogP contribution in [0.5, 0.6) is 0 Å². The van der Waals surface area contributed by atoms with E-state index in [4.69, 9.17) is 9.15 Å². The molecule has 0 bridgehead atoms. The number of piperazine rings is 1. The summed E-state index contributed by atoms with van der Waals surface area (Å²) in [6, 6.07) is 15.8. The van der Waals surface area contributed by atoms with Crippen LogP contribution in [0.2, 0.25) is 0 Å². The lowest BCUT2D eigenvalue weighted by Crippen LogP contribution is -2.55. The molecule has 1 atom stereocenters. The van der Waals surface area contributed by atoms with Gasteiger partial charge in [-0.2, -0.15) is 0 Å². The molecule has 29 heavy (non-hydrogen) atoms. The molecule has 2 N–H and O–H groups in total. The van der Waals surface area contributed by atoms with Gasteiger partial charge in [-0.1, -0.05) is 37.3 Å². The van der Waals surface area contributed by atoms with E-state index in [1.54, 1.807) is 4.90 Å². The van der Waals surface area contributed by atoms with Gasteiger partial charge >= 0.3 is 6.09 Å². The van der Waals surface area contributed by atoms with Crippen molar-refractivity contribution in [3.63, 3.8) is 0 Å². The first-order valence-electron chi connectivity index (χ1n) is 10.0. The lowest BCUT2D eigenvalue weighted by Gasteiger charge is -2.33. The van der Waals surface area contributed by atoms with Crippen LogP contribution in [0.4, 0.5) is 10.5 Å². The number of benzene rings is 2. The topological polar surface area (TPSA) is 79.6 Å². The van der Waals surface area contributed by atoms with Crippen molar-refractivity contribution in [1.82, 2.24) is 15.2 Å². The van der Waals surface area contributed by atoms with Crippen LogP contribution in [0.1, 0.15) is 18.4 Å².